The van der Waals surface area contributed by atoms with Gasteiger partial charge in [-0.3, -0.25) is 9.30 Å². The summed E-state index contributed by atoms with van der Waals surface area (Å²) in [6.07, 6.45) is -2.88. The number of likely N-dealkylation sites (tertiary alicyclic amines) is 1. The van der Waals surface area contributed by atoms with Crippen LogP contribution in [-0.2, 0) is 4.74 Å². The first kappa shape index (κ1) is 25.3. The van der Waals surface area contributed by atoms with Crippen molar-refractivity contribution in [3.8, 4) is 17.3 Å². The number of nitrogens with zero attached hydrogens (tertiary/aromatic N) is 5. The smallest absolute Gasteiger partial charge is 0.408 e. The van der Waals surface area contributed by atoms with Crippen LogP contribution in [0.2, 0.25) is 0 Å². The highest BCUT2D eigenvalue weighted by Crippen LogP contribution is 2.39. The standard InChI is InChI=1S/C25H26F4N6O2/c1-14(36-2)13-37-18-5-3-15-9-19(26)22(31-20(15)10-18)24-33-32-21-6-4-16(11-35(21)24)23(25(27,28)29)34-8-7-17(30)12-34/h3-6,9-11,14,17,23H,7-8,12-13,30H2,1-2H3/t14-,17+,23-/m1/s1. The Labute approximate surface area is 210 Å². The number of pyridine rings is 2. The molecule has 0 saturated carbocycles. The Morgan fingerprint density at radius 1 is 1.16 bits per heavy atom. The SMILES string of the molecule is CO[C@H](C)COc1ccc2cc(F)c(-c3nnc4ccc([C@@H](N5CC[C@H](N)C5)C(F)(F)F)cn34)nc2c1. The van der Waals surface area contributed by atoms with E-state index in [1.165, 1.54) is 33.7 Å². The molecule has 0 radical (unpaired) electrons. The molecule has 37 heavy (non-hydrogen) atoms. The average Bonchev–Trinajstić information content (AvgIpc) is 3.47. The van der Waals surface area contributed by atoms with Crippen LogP contribution in [0.5, 0.6) is 5.75 Å². The highest BCUT2D eigenvalue weighted by Gasteiger charge is 2.46. The van der Waals surface area contributed by atoms with E-state index < -0.39 is 18.0 Å². The predicted octanol–water partition coefficient (Wildman–Crippen LogP) is 4.13. The fraction of sp³-hybridized carbons (Fsp3) is 0.400. The molecule has 0 spiro atoms. The van der Waals surface area contributed by atoms with Gasteiger partial charge in [0.2, 0.25) is 0 Å². The lowest BCUT2D eigenvalue weighted by atomic mass is 10.1. The van der Waals surface area contributed by atoms with Crippen LogP contribution in [0.15, 0.2) is 42.6 Å². The second-order valence-electron chi connectivity index (χ2n) is 9.23. The number of hydrogen-bond donors (Lipinski definition) is 1. The number of benzene rings is 1. The molecular formula is C25H26F4N6O2. The molecule has 1 aromatic carbocycles. The van der Waals surface area contributed by atoms with Gasteiger partial charge in [-0.1, -0.05) is 6.07 Å². The van der Waals surface area contributed by atoms with Crippen molar-refractivity contribution in [2.45, 2.75) is 37.7 Å². The molecule has 8 nitrogen and oxygen atoms in total. The zero-order valence-corrected chi connectivity index (χ0v) is 20.2. The van der Waals surface area contributed by atoms with Gasteiger partial charge in [-0.2, -0.15) is 13.2 Å². The Balaban J connectivity index is 1.55. The summed E-state index contributed by atoms with van der Waals surface area (Å²) in [4.78, 5) is 5.74. The van der Waals surface area contributed by atoms with Crippen molar-refractivity contribution in [3.63, 3.8) is 0 Å². The molecule has 2 N–H and O–H groups in total. The molecule has 3 atom stereocenters. The van der Waals surface area contributed by atoms with Gasteiger partial charge < -0.3 is 15.2 Å². The quantitative estimate of drug-likeness (QED) is 0.368. The third kappa shape index (κ3) is 5.09. The van der Waals surface area contributed by atoms with E-state index >= 15 is 4.39 Å². The molecule has 12 heteroatoms. The maximum absolute atomic E-state index is 15.2. The maximum atomic E-state index is 15.2. The zero-order chi connectivity index (χ0) is 26.3. The average molecular weight is 519 g/mol. The number of aromatic nitrogens is 4. The lowest BCUT2D eigenvalue weighted by Crippen LogP contribution is -2.38. The van der Waals surface area contributed by atoms with Crippen LogP contribution in [0, 0.1) is 5.82 Å². The second kappa shape index (κ2) is 9.84. The molecule has 5 rings (SSSR count). The van der Waals surface area contributed by atoms with E-state index in [1.807, 2.05) is 6.92 Å². The molecule has 1 saturated heterocycles. The van der Waals surface area contributed by atoms with Crippen LogP contribution in [0.25, 0.3) is 28.1 Å². The van der Waals surface area contributed by atoms with E-state index in [0.717, 1.165) is 0 Å². The highest BCUT2D eigenvalue weighted by atomic mass is 19.4. The number of fused-ring (bicyclic) bond motifs is 2. The molecule has 0 amide bonds. The molecule has 0 unspecified atom stereocenters. The second-order valence-corrected chi connectivity index (χ2v) is 9.23. The molecule has 1 aliphatic rings. The lowest BCUT2D eigenvalue weighted by Gasteiger charge is -2.30. The third-order valence-electron chi connectivity index (χ3n) is 6.51. The first-order valence-corrected chi connectivity index (χ1v) is 11.8. The van der Waals surface area contributed by atoms with Crippen LogP contribution in [-0.4, -0.2) is 69.6 Å². The van der Waals surface area contributed by atoms with Crippen molar-refractivity contribution in [1.82, 2.24) is 24.5 Å². The number of hydrogen-bond acceptors (Lipinski definition) is 7. The van der Waals surface area contributed by atoms with Crippen LogP contribution in [0.4, 0.5) is 17.6 Å². The van der Waals surface area contributed by atoms with E-state index in [2.05, 4.69) is 15.2 Å². The van der Waals surface area contributed by atoms with Gasteiger partial charge in [0.15, 0.2) is 17.3 Å². The Kier molecular flexibility index (Phi) is 6.73. The number of nitrogens with two attached hydrogens (primary N) is 1. The summed E-state index contributed by atoms with van der Waals surface area (Å²) in [5.74, 6) is -0.159. The van der Waals surface area contributed by atoms with Gasteiger partial charge in [-0.25, -0.2) is 9.37 Å². The Morgan fingerprint density at radius 2 is 1.97 bits per heavy atom. The van der Waals surface area contributed by atoms with Gasteiger partial charge >= 0.3 is 6.18 Å². The molecular weight excluding hydrogens is 492 g/mol. The van der Waals surface area contributed by atoms with Crippen LogP contribution >= 0.6 is 0 Å². The van der Waals surface area contributed by atoms with Gasteiger partial charge in [-0.15, -0.1) is 10.2 Å². The van der Waals surface area contributed by atoms with Crippen molar-refractivity contribution in [3.05, 3.63) is 54.0 Å². The van der Waals surface area contributed by atoms with Gasteiger partial charge in [-0.05, 0) is 43.2 Å². The number of alkyl halides is 3. The normalized spacial score (nSPS) is 18.5. The van der Waals surface area contributed by atoms with Crippen molar-refractivity contribution in [2.24, 2.45) is 5.73 Å². The van der Waals surface area contributed by atoms with E-state index in [0.29, 0.717) is 29.7 Å². The Morgan fingerprint density at radius 3 is 2.68 bits per heavy atom. The monoisotopic (exact) mass is 518 g/mol. The molecule has 1 aliphatic heterocycles. The summed E-state index contributed by atoms with van der Waals surface area (Å²) in [5, 5.41) is 8.60. The minimum Gasteiger partial charge on any atom is -0.491 e. The summed E-state index contributed by atoms with van der Waals surface area (Å²) < 4.78 is 69.8. The van der Waals surface area contributed by atoms with Gasteiger partial charge in [0.05, 0.1) is 11.6 Å². The fourth-order valence-electron chi connectivity index (χ4n) is 4.54. The van der Waals surface area contributed by atoms with E-state index in [-0.39, 0.29) is 48.0 Å². The minimum atomic E-state index is -4.53. The van der Waals surface area contributed by atoms with E-state index in [1.54, 1.807) is 25.3 Å². The first-order chi connectivity index (χ1) is 17.6. The van der Waals surface area contributed by atoms with Crippen LogP contribution < -0.4 is 10.5 Å². The number of methoxy groups -OCH3 is 1. The molecule has 3 aromatic heterocycles. The number of ether oxygens (including phenoxy) is 2. The van der Waals surface area contributed by atoms with Gasteiger partial charge in [0.25, 0.3) is 0 Å². The van der Waals surface area contributed by atoms with Crippen molar-refractivity contribution < 1.29 is 27.0 Å². The molecule has 4 heterocycles. The fourth-order valence-corrected chi connectivity index (χ4v) is 4.54. The zero-order valence-electron chi connectivity index (χ0n) is 20.2. The van der Waals surface area contributed by atoms with Crippen molar-refractivity contribution in [2.75, 3.05) is 26.8 Å². The summed E-state index contributed by atoms with van der Waals surface area (Å²) in [6.45, 7) is 2.54. The van der Waals surface area contributed by atoms with Crippen LogP contribution in [0.1, 0.15) is 24.9 Å². The number of halogens is 4. The minimum absolute atomic E-state index is 0.00498. The maximum Gasteiger partial charge on any atom is 0.408 e. The first-order valence-electron chi connectivity index (χ1n) is 11.8. The van der Waals surface area contributed by atoms with Gasteiger partial charge in [0, 0.05) is 43.9 Å². The molecule has 1 fully saturated rings. The summed E-state index contributed by atoms with van der Waals surface area (Å²) >= 11 is 0. The Hall–Kier alpha value is -3.35. The molecule has 0 bridgehead atoms. The van der Waals surface area contributed by atoms with Crippen LogP contribution in [0.3, 0.4) is 0 Å². The lowest BCUT2D eigenvalue weighted by molar-refractivity contribution is -0.183. The van der Waals surface area contributed by atoms with Crippen molar-refractivity contribution in [1.29, 1.82) is 0 Å². The van der Waals surface area contributed by atoms with E-state index in [4.69, 9.17) is 15.2 Å². The summed E-state index contributed by atoms with van der Waals surface area (Å²) in [6, 6.07) is 6.96. The predicted molar refractivity (Wildman–Crippen MR) is 129 cm³/mol. The molecule has 4 aromatic rings. The molecule has 196 valence electrons. The largest absolute Gasteiger partial charge is 0.491 e. The Bertz CT molecular complexity index is 1430. The highest BCUT2D eigenvalue weighted by molar-refractivity contribution is 5.82. The van der Waals surface area contributed by atoms with E-state index in [9.17, 15) is 13.2 Å². The summed E-state index contributed by atoms with van der Waals surface area (Å²) in [5.41, 5.74) is 6.43. The van der Waals surface area contributed by atoms with Crippen molar-refractivity contribution >= 4 is 16.6 Å². The van der Waals surface area contributed by atoms with Gasteiger partial charge in [0.1, 0.15) is 24.1 Å². The number of rotatable bonds is 7. The third-order valence-corrected chi connectivity index (χ3v) is 6.51. The molecule has 0 aliphatic carbocycles. The topological polar surface area (TPSA) is 90.8 Å². The summed E-state index contributed by atoms with van der Waals surface area (Å²) in [7, 11) is 1.58.